The number of benzene rings is 2. The van der Waals surface area contributed by atoms with Crippen LogP contribution in [0.4, 0.5) is 14.5 Å². The van der Waals surface area contributed by atoms with E-state index in [1.165, 1.54) is 6.07 Å². The highest BCUT2D eigenvalue weighted by Crippen LogP contribution is 2.26. The summed E-state index contributed by atoms with van der Waals surface area (Å²) in [5.41, 5.74) is 0.170. The molecule has 0 aliphatic carbocycles. The number of anilines is 1. The Morgan fingerprint density at radius 3 is 2.24 bits per heavy atom. The lowest BCUT2D eigenvalue weighted by atomic mass is 10.0. The highest BCUT2D eigenvalue weighted by molar-refractivity contribution is 9.10. The molecule has 6 heteroatoms. The van der Waals surface area contributed by atoms with Crippen LogP contribution in [0, 0.1) is 11.6 Å². The summed E-state index contributed by atoms with van der Waals surface area (Å²) in [6.07, 6.45) is 0. The van der Waals surface area contributed by atoms with Gasteiger partial charge in [-0.1, -0.05) is 22.0 Å². The summed E-state index contributed by atoms with van der Waals surface area (Å²) < 4.78 is 33.2. The number of methoxy groups -OCH3 is 1. The maximum atomic E-state index is 13.9. The molecule has 0 fully saturated rings. The van der Waals surface area contributed by atoms with Crippen molar-refractivity contribution in [2.45, 2.75) is 6.04 Å². The first kappa shape index (κ1) is 15.4. The van der Waals surface area contributed by atoms with E-state index >= 15 is 0 Å². The average molecular weight is 356 g/mol. The van der Waals surface area contributed by atoms with Crippen molar-refractivity contribution >= 4 is 27.6 Å². The lowest BCUT2D eigenvalue weighted by Crippen LogP contribution is -2.24. The van der Waals surface area contributed by atoms with Gasteiger partial charge in [0.2, 0.25) is 0 Å². The Labute approximate surface area is 129 Å². The van der Waals surface area contributed by atoms with Crippen LogP contribution in [0.3, 0.4) is 0 Å². The first-order valence-electron chi connectivity index (χ1n) is 6.06. The molecule has 2 rings (SSSR count). The highest BCUT2D eigenvalue weighted by Gasteiger charge is 2.27. The topological polar surface area (TPSA) is 38.3 Å². The summed E-state index contributed by atoms with van der Waals surface area (Å²) in [7, 11) is 1.16. The molecule has 1 unspecified atom stereocenters. The Hall–Kier alpha value is -1.95. The molecule has 0 spiro atoms. The number of hydrogen-bond acceptors (Lipinski definition) is 3. The van der Waals surface area contributed by atoms with Crippen LogP contribution in [0.1, 0.15) is 11.6 Å². The van der Waals surface area contributed by atoms with E-state index in [1.807, 2.05) is 0 Å². The third kappa shape index (κ3) is 3.58. The molecule has 0 radical (unpaired) electrons. The summed E-state index contributed by atoms with van der Waals surface area (Å²) in [5.74, 6) is -2.40. The number of nitrogens with one attached hydrogen (secondary N) is 1. The van der Waals surface area contributed by atoms with Crippen molar-refractivity contribution in [1.82, 2.24) is 0 Å². The van der Waals surface area contributed by atoms with Gasteiger partial charge in [-0.15, -0.1) is 0 Å². The largest absolute Gasteiger partial charge is 0.467 e. The maximum Gasteiger partial charge on any atom is 0.333 e. The maximum absolute atomic E-state index is 13.9. The fraction of sp³-hybridized carbons (Fsp3) is 0.133. The van der Waals surface area contributed by atoms with Crippen LogP contribution in [-0.2, 0) is 9.53 Å². The van der Waals surface area contributed by atoms with Crippen LogP contribution in [0.2, 0.25) is 0 Å². The Morgan fingerprint density at radius 1 is 1.14 bits per heavy atom. The second-order valence-corrected chi connectivity index (χ2v) is 5.16. The Morgan fingerprint density at radius 2 is 1.71 bits per heavy atom. The third-order valence-electron chi connectivity index (χ3n) is 2.88. The van der Waals surface area contributed by atoms with E-state index in [-0.39, 0.29) is 5.56 Å². The van der Waals surface area contributed by atoms with Crippen molar-refractivity contribution < 1.29 is 18.3 Å². The van der Waals surface area contributed by atoms with Crippen molar-refractivity contribution in [2.24, 2.45) is 0 Å². The summed E-state index contributed by atoms with van der Waals surface area (Å²) in [6.45, 7) is 0. The summed E-state index contributed by atoms with van der Waals surface area (Å²) in [5, 5.41) is 2.78. The average Bonchev–Trinajstić information content (AvgIpc) is 2.47. The van der Waals surface area contributed by atoms with Crippen LogP contribution in [-0.4, -0.2) is 13.1 Å². The fourth-order valence-corrected chi connectivity index (χ4v) is 2.13. The van der Waals surface area contributed by atoms with E-state index in [1.54, 1.807) is 24.3 Å². The predicted molar refractivity (Wildman–Crippen MR) is 78.9 cm³/mol. The molecule has 3 nitrogen and oxygen atoms in total. The molecule has 0 aliphatic heterocycles. The molecule has 2 aromatic carbocycles. The molecule has 2 aromatic rings. The summed E-state index contributed by atoms with van der Waals surface area (Å²) in [6, 6.07) is 9.01. The molecule has 0 saturated heterocycles. The van der Waals surface area contributed by atoms with Gasteiger partial charge in [-0.05, 0) is 36.4 Å². The quantitative estimate of drug-likeness (QED) is 0.840. The predicted octanol–water partition coefficient (Wildman–Crippen LogP) is 4.05. The molecular formula is C15H12BrF2NO2. The number of hydrogen-bond donors (Lipinski definition) is 1. The third-order valence-corrected chi connectivity index (χ3v) is 3.41. The number of carbonyl (C=O) groups excluding carboxylic acids is 1. The fourth-order valence-electron chi connectivity index (χ4n) is 1.87. The molecule has 110 valence electrons. The first-order chi connectivity index (χ1) is 10.0. The summed E-state index contributed by atoms with van der Waals surface area (Å²) in [4.78, 5) is 11.9. The highest BCUT2D eigenvalue weighted by atomic mass is 79.9. The van der Waals surface area contributed by atoms with Crippen LogP contribution in [0.15, 0.2) is 46.9 Å². The van der Waals surface area contributed by atoms with Crippen LogP contribution < -0.4 is 5.32 Å². The normalized spacial score (nSPS) is 11.8. The second-order valence-electron chi connectivity index (χ2n) is 4.24. The molecule has 0 bridgehead atoms. The smallest absolute Gasteiger partial charge is 0.333 e. The number of rotatable bonds is 4. The van der Waals surface area contributed by atoms with E-state index in [0.717, 1.165) is 23.7 Å². The molecule has 1 N–H and O–H groups in total. The van der Waals surface area contributed by atoms with Gasteiger partial charge >= 0.3 is 5.97 Å². The van der Waals surface area contributed by atoms with Gasteiger partial charge in [-0.3, -0.25) is 0 Å². The Kier molecular flexibility index (Phi) is 4.90. The van der Waals surface area contributed by atoms with Gasteiger partial charge in [0.15, 0.2) is 6.04 Å². The molecular weight excluding hydrogens is 344 g/mol. The van der Waals surface area contributed by atoms with Crippen LogP contribution in [0.5, 0.6) is 0 Å². The van der Waals surface area contributed by atoms with Crippen LogP contribution >= 0.6 is 15.9 Å². The molecule has 0 aromatic heterocycles. The second kappa shape index (κ2) is 6.67. The zero-order chi connectivity index (χ0) is 15.4. The minimum atomic E-state index is -1.27. The van der Waals surface area contributed by atoms with Crippen molar-refractivity contribution in [1.29, 1.82) is 0 Å². The first-order valence-corrected chi connectivity index (χ1v) is 6.86. The molecule has 0 amide bonds. The molecule has 0 heterocycles. The van der Waals surface area contributed by atoms with Gasteiger partial charge in [0.05, 0.1) is 12.7 Å². The molecule has 0 saturated carbocycles. The standard InChI is InChI=1S/C15H12BrF2NO2/c1-21-15(20)14(13-11(17)3-2-4-12(13)18)19-10-7-5-9(16)6-8-10/h2-8,14,19H,1H3. The van der Waals surface area contributed by atoms with Gasteiger partial charge in [-0.25, -0.2) is 13.6 Å². The zero-order valence-corrected chi connectivity index (χ0v) is 12.7. The van der Waals surface area contributed by atoms with E-state index in [2.05, 4.69) is 26.0 Å². The number of halogens is 3. The van der Waals surface area contributed by atoms with Gasteiger partial charge < -0.3 is 10.1 Å². The van der Waals surface area contributed by atoms with E-state index in [0.29, 0.717) is 5.69 Å². The van der Waals surface area contributed by atoms with Crippen molar-refractivity contribution in [3.05, 3.63) is 64.1 Å². The lowest BCUT2D eigenvalue weighted by molar-refractivity contribution is -0.141. The van der Waals surface area contributed by atoms with Gasteiger partial charge in [0.25, 0.3) is 0 Å². The minimum Gasteiger partial charge on any atom is -0.467 e. The molecule has 1 atom stereocenters. The number of carbonyl (C=O) groups is 1. The monoisotopic (exact) mass is 355 g/mol. The zero-order valence-electron chi connectivity index (χ0n) is 11.1. The number of esters is 1. The van der Waals surface area contributed by atoms with Crippen molar-refractivity contribution in [2.75, 3.05) is 12.4 Å². The lowest BCUT2D eigenvalue weighted by Gasteiger charge is -2.19. The van der Waals surface area contributed by atoms with Crippen molar-refractivity contribution in [3.8, 4) is 0 Å². The SMILES string of the molecule is COC(=O)C(Nc1ccc(Br)cc1)c1c(F)cccc1F. The van der Waals surface area contributed by atoms with E-state index < -0.39 is 23.6 Å². The van der Waals surface area contributed by atoms with Crippen molar-refractivity contribution in [3.63, 3.8) is 0 Å². The Bertz CT molecular complexity index is 626. The molecule has 0 aliphatic rings. The molecule has 21 heavy (non-hydrogen) atoms. The Balaban J connectivity index is 2.39. The summed E-state index contributed by atoms with van der Waals surface area (Å²) >= 11 is 3.28. The van der Waals surface area contributed by atoms with Gasteiger partial charge in [-0.2, -0.15) is 0 Å². The van der Waals surface area contributed by atoms with Gasteiger partial charge in [0.1, 0.15) is 11.6 Å². The van der Waals surface area contributed by atoms with Gasteiger partial charge in [0, 0.05) is 10.2 Å². The number of ether oxygens (including phenoxy) is 1. The van der Waals surface area contributed by atoms with E-state index in [4.69, 9.17) is 0 Å². The van der Waals surface area contributed by atoms with Crippen LogP contribution in [0.25, 0.3) is 0 Å². The minimum absolute atomic E-state index is 0.368. The van der Waals surface area contributed by atoms with E-state index in [9.17, 15) is 13.6 Å².